The number of hydrogen-bond acceptors (Lipinski definition) is 6. The summed E-state index contributed by atoms with van der Waals surface area (Å²) in [6.07, 6.45) is 6.90. The first-order chi connectivity index (χ1) is 14.6. The van der Waals surface area contributed by atoms with E-state index in [2.05, 4.69) is 9.97 Å². The molecule has 1 aliphatic rings. The molecule has 0 unspecified atom stereocenters. The fraction of sp³-hybridized carbons (Fsp3) is 0.238. The lowest BCUT2D eigenvalue weighted by molar-refractivity contribution is 0.0458. The van der Waals surface area contributed by atoms with Crippen molar-refractivity contribution in [2.45, 2.75) is 32.3 Å². The molecule has 0 atom stereocenters. The maximum Gasteiger partial charge on any atom is 0.357 e. The molecular formula is C21H17FN4O3S. The standard InChI is InChI=1S/C21H17FN4O3S/c22-13-5-7-15(8-6-13)25-12-23-10-17(25)20(28)29-11-14-9-19(27)26-16-3-1-2-4-18(16)30-21(26)24-14/h5-10,12H,1-4,11H2. The average Bonchev–Trinajstić information content (AvgIpc) is 3.37. The van der Waals surface area contributed by atoms with E-state index >= 15 is 0 Å². The van der Waals surface area contributed by atoms with E-state index in [1.807, 2.05) is 0 Å². The zero-order valence-corrected chi connectivity index (χ0v) is 16.7. The van der Waals surface area contributed by atoms with Crippen LogP contribution in [0.3, 0.4) is 0 Å². The molecule has 0 N–H and O–H groups in total. The van der Waals surface area contributed by atoms with E-state index in [0.29, 0.717) is 16.3 Å². The number of aromatic nitrogens is 4. The van der Waals surface area contributed by atoms with Crippen LogP contribution >= 0.6 is 11.3 Å². The van der Waals surface area contributed by atoms with Crippen molar-refractivity contribution in [1.82, 2.24) is 18.9 Å². The molecule has 152 valence electrons. The quantitative estimate of drug-likeness (QED) is 0.470. The number of aryl methyl sites for hydroxylation is 2. The molecule has 4 aromatic rings. The molecule has 1 aromatic carbocycles. The van der Waals surface area contributed by atoms with Crippen LogP contribution in [0.25, 0.3) is 10.6 Å². The van der Waals surface area contributed by atoms with Gasteiger partial charge in [-0.05, 0) is 49.9 Å². The first-order valence-corrected chi connectivity index (χ1v) is 10.4. The fourth-order valence-corrected chi connectivity index (χ4v) is 4.91. The van der Waals surface area contributed by atoms with Crippen LogP contribution in [0, 0.1) is 5.82 Å². The smallest absolute Gasteiger partial charge is 0.357 e. The molecule has 0 aliphatic heterocycles. The average molecular weight is 424 g/mol. The van der Waals surface area contributed by atoms with Gasteiger partial charge in [-0.15, -0.1) is 11.3 Å². The van der Waals surface area contributed by atoms with E-state index in [1.54, 1.807) is 16.5 Å². The third-order valence-electron chi connectivity index (χ3n) is 5.12. The molecule has 0 saturated carbocycles. The van der Waals surface area contributed by atoms with Crippen LogP contribution in [0.5, 0.6) is 0 Å². The summed E-state index contributed by atoms with van der Waals surface area (Å²) in [6.45, 7) is -0.123. The third-order valence-corrected chi connectivity index (χ3v) is 6.26. The van der Waals surface area contributed by atoms with Crippen molar-refractivity contribution in [1.29, 1.82) is 0 Å². The largest absolute Gasteiger partial charge is 0.454 e. The molecular weight excluding hydrogens is 407 g/mol. The second-order valence-electron chi connectivity index (χ2n) is 7.08. The predicted octanol–water partition coefficient (Wildman–Crippen LogP) is 3.32. The number of rotatable bonds is 4. The van der Waals surface area contributed by atoms with E-state index in [1.165, 1.54) is 51.5 Å². The lowest BCUT2D eigenvalue weighted by atomic mass is 10.0. The predicted molar refractivity (Wildman–Crippen MR) is 109 cm³/mol. The van der Waals surface area contributed by atoms with Crippen LogP contribution in [-0.2, 0) is 24.2 Å². The van der Waals surface area contributed by atoms with Crippen molar-refractivity contribution in [3.8, 4) is 5.69 Å². The first kappa shape index (κ1) is 18.7. The highest BCUT2D eigenvalue weighted by Crippen LogP contribution is 2.28. The molecule has 3 heterocycles. The minimum Gasteiger partial charge on any atom is -0.454 e. The van der Waals surface area contributed by atoms with Crippen LogP contribution in [0.15, 0.2) is 47.7 Å². The highest BCUT2D eigenvalue weighted by atomic mass is 32.1. The van der Waals surface area contributed by atoms with Crippen molar-refractivity contribution in [3.05, 3.63) is 81.0 Å². The maximum absolute atomic E-state index is 13.2. The fourth-order valence-electron chi connectivity index (χ4n) is 3.68. The Morgan fingerprint density at radius 1 is 1.20 bits per heavy atom. The summed E-state index contributed by atoms with van der Waals surface area (Å²) in [7, 11) is 0. The number of esters is 1. The minimum atomic E-state index is -0.607. The van der Waals surface area contributed by atoms with Crippen LogP contribution < -0.4 is 5.56 Å². The lowest BCUT2D eigenvalue weighted by Gasteiger charge is -2.10. The first-order valence-electron chi connectivity index (χ1n) is 9.59. The van der Waals surface area contributed by atoms with Crippen molar-refractivity contribution < 1.29 is 13.9 Å². The summed E-state index contributed by atoms with van der Waals surface area (Å²) in [4.78, 5) is 35.6. The van der Waals surface area contributed by atoms with Gasteiger partial charge < -0.3 is 4.74 Å². The number of carbonyl (C=O) groups is 1. The number of imidazole rings is 1. The number of hydrogen-bond donors (Lipinski definition) is 0. The molecule has 0 amide bonds. The Kier molecular flexibility index (Phi) is 4.66. The summed E-state index contributed by atoms with van der Waals surface area (Å²) < 4.78 is 21.7. The Labute approximate surface area is 174 Å². The summed E-state index contributed by atoms with van der Waals surface area (Å²) in [5, 5.41) is 0. The number of ether oxygens (including phenoxy) is 1. The molecule has 7 nitrogen and oxygen atoms in total. The molecule has 5 rings (SSSR count). The molecule has 3 aromatic heterocycles. The van der Waals surface area contributed by atoms with Gasteiger partial charge in [0.05, 0.1) is 18.2 Å². The number of halogens is 1. The Bertz CT molecular complexity index is 1310. The Balaban J connectivity index is 1.37. The van der Waals surface area contributed by atoms with Gasteiger partial charge >= 0.3 is 5.97 Å². The summed E-state index contributed by atoms with van der Waals surface area (Å²) >= 11 is 1.53. The van der Waals surface area contributed by atoms with Gasteiger partial charge in [0.25, 0.3) is 5.56 Å². The molecule has 0 bridgehead atoms. The zero-order chi connectivity index (χ0) is 20.7. The molecule has 0 radical (unpaired) electrons. The molecule has 0 spiro atoms. The van der Waals surface area contributed by atoms with Crippen molar-refractivity contribution in [2.24, 2.45) is 0 Å². The Morgan fingerprint density at radius 2 is 2.00 bits per heavy atom. The van der Waals surface area contributed by atoms with Crippen molar-refractivity contribution in [2.75, 3.05) is 0 Å². The van der Waals surface area contributed by atoms with E-state index in [0.717, 1.165) is 31.4 Å². The van der Waals surface area contributed by atoms with Crippen LogP contribution in [0.2, 0.25) is 0 Å². The maximum atomic E-state index is 13.2. The van der Waals surface area contributed by atoms with Gasteiger partial charge in [-0.2, -0.15) is 0 Å². The van der Waals surface area contributed by atoms with Crippen molar-refractivity contribution >= 4 is 22.3 Å². The lowest BCUT2D eigenvalue weighted by Crippen LogP contribution is -2.19. The van der Waals surface area contributed by atoms with Gasteiger partial charge in [-0.3, -0.25) is 13.8 Å². The Morgan fingerprint density at radius 3 is 2.83 bits per heavy atom. The second-order valence-corrected chi connectivity index (χ2v) is 8.15. The van der Waals surface area contributed by atoms with Gasteiger partial charge in [0.15, 0.2) is 10.7 Å². The third kappa shape index (κ3) is 3.30. The second kappa shape index (κ2) is 7.49. The molecule has 0 saturated heterocycles. The van der Waals surface area contributed by atoms with Crippen LogP contribution in [0.1, 0.15) is 39.6 Å². The molecule has 1 aliphatic carbocycles. The minimum absolute atomic E-state index is 0.123. The summed E-state index contributed by atoms with van der Waals surface area (Å²) in [5.41, 5.74) is 2.10. The topological polar surface area (TPSA) is 78.5 Å². The zero-order valence-electron chi connectivity index (χ0n) is 15.9. The normalized spacial score (nSPS) is 13.4. The van der Waals surface area contributed by atoms with Gasteiger partial charge in [-0.1, -0.05) is 0 Å². The van der Waals surface area contributed by atoms with E-state index in [-0.39, 0.29) is 23.7 Å². The highest BCUT2D eigenvalue weighted by Gasteiger charge is 2.19. The molecule has 9 heteroatoms. The monoisotopic (exact) mass is 424 g/mol. The number of thiazole rings is 1. The van der Waals surface area contributed by atoms with Crippen molar-refractivity contribution in [3.63, 3.8) is 0 Å². The van der Waals surface area contributed by atoms with Gasteiger partial charge in [0.1, 0.15) is 12.4 Å². The van der Waals surface area contributed by atoms with E-state index in [4.69, 9.17) is 4.74 Å². The van der Waals surface area contributed by atoms with Crippen LogP contribution in [-0.4, -0.2) is 24.9 Å². The van der Waals surface area contributed by atoms with Crippen LogP contribution in [0.4, 0.5) is 4.39 Å². The number of fused-ring (bicyclic) bond motifs is 3. The van der Waals surface area contributed by atoms with E-state index in [9.17, 15) is 14.0 Å². The number of carbonyl (C=O) groups excluding carboxylic acids is 1. The van der Waals surface area contributed by atoms with E-state index < -0.39 is 5.97 Å². The van der Waals surface area contributed by atoms with Gasteiger partial charge in [0, 0.05) is 22.3 Å². The summed E-state index contributed by atoms with van der Waals surface area (Å²) in [6, 6.07) is 7.11. The number of benzene rings is 1. The van der Waals surface area contributed by atoms with Gasteiger partial charge in [-0.25, -0.2) is 19.2 Å². The summed E-state index contributed by atoms with van der Waals surface area (Å²) in [5.74, 6) is -0.977. The Hall–Kier alpha value is -3.33. The molecule has 0 fully saturated rings. The highest BCUT2D eigenvalue weighted by molar-refractivity contribution is 7.17. The molecule has 30 heavy (non-hydrogen) atoms. The van der Waals surface area contributed by atoms with Gasteiger partial charge in [0.2, 0.25) is 0 Å². The number of nitrogens with zero attached hydrogens (tertiary/aromatic N) is 4. The SMILES string of the molecule is O=C(OCc1cc(=O)n2c3c(sc2n1)CCCC3)c1cncn1-c1ccc(F)cc1.